The molecule has 0 spiro atoms. The summed E-state index contributed by atoms with van der Waals surface area (Å²) in [6, 6.07) is 0.552. The van der Waals surface area contributed by atoms with Crippen molar-refractivity contribution in [1.82, 2.24) is 5.32 Å². The van der Waals surface area contributed by atoms with Gasteiger partial charge in [-0.15, -0.1) is 0 Å². The highest BCUT2D eigenvalue weighted by atomic mass is 16.5. The molecule has 0 aliphatic heterocycles. The van der Waals surface area contributed by atoms with Crippen molar-refractivity contribution in [3.63, 3.8) is 0 Å². The minimum Gasteiger partial charge on any atom is -0.377 e. The van der Waals surface area contributed by atoms with Crippen LogP contribution in [-0.2, 0) is 4.74 Å². The molecule has 0 aromatic carbocycles. The Morgan fingerprint density at radius 3 is 2.13 bits per heavy atom. The van der Waals surface area contributed by atoms with Crippen LogP contribution in [0.2, 0.25) is 0 Å². The number of nitrogens with one attached hydrogen (secondary N) is 1. The van der Waals surface area contributed by atoms with Crippen molar-refractivity contribution in [2.75, 3.05) is 13.7 Å². The molecule has 0 saturated heterocycles. The van der Waals surface area contributed by atoms with E-state index in [0.29, 0.717) is 6.04 Å². The Hall–Kier alpha value is -0.0800. The van der Waals surface area contributed by atoms with E-state index >= 15 is 0 Å². The van der Waals surface area contributed by atoms with Crippen molar-refractivity contribution in [3.05, 3.63) is 0 Å². The van der Waals surface area contributed by atoms with Crippen LogP contribution in [-0.4, -0.2) is 25.3 Å². The molecule has 1 aliphatic carbocycles. The van der Waals surface area contributed by atoms with Gasteiger partial charge in [0.2, 0.25) is 0 Å². The number of methoxy groups -OCH3 is 1. The van der Waals surface area contributed by atoms with E-state index in [9.17, 15) is 0 Å². The monoisotopic (exact) mass is 213 g/mol. The van der Waals surface area contributed by atoms with Gasteiger partial charge in [0.1, 0.15) is 0 Å². The minimum absolute atomic E-state index is 0.0566. The molecule has 2 nitrogen and oxygen atoms in total. The third-order valence-electron chi connectivity index (χ3n) is 4.22. The lowest BCUT2D eigenvalue weighted by atomic mass is 9.71. The highest BCUT2D eigenvalue weighted by Gasteiger charge is 2.41. The van der Waals surface area contributed by atoms with Crippen LogP contribution >= 0.6 is 0 Å². The minimum atomic E-state index is 0.0566. The molecule has 1 unspecified atom stereocenters. The van der Waals surface area contributed by atoms with Crippen molar-refractivity contribution < 1.29 is 4.74 Å². The van der Waals surface area contributed by atoms with Crippen LogP contribution in [0.4, 0.5) is 0 Å². The number of hydrogen-bond acceptors (Lipinski definition) is 2. The lowest BCUT2D eigenvalue weighted by molar-refractivity contribution is -0.0723. The number of likely N-dealkylation sites (N-methyl/N-ethyl adjacent to an activating group) is 1. The predicted octanol–water partition coefficient (Wildman–Crippen LogP) is 2.97. The second-order valence-electron chi connectivity index (χ2n) is 4.70. The molecule has 15 heavy (non-hydrogen) atoms. The lowest BCUT2D eigenvalue weighted by Gasteiger charge is -2.46. The maximum atomic E-state index is 5.85. The standard InChI is InChI=1S/C13H27NO/c1-5-13(6-2,15-4)12(14-7-3)11-9-8-10-11/h11-12,14H,5-10H2,1-4H3. The highest BCUT2D eigenvalue weighted by Crippen LogP contribution is 2.38. The van der Waals surface area contributed by atoms with Crippen LogP contribution in [0.5, 0.6) is 0 Å². The summed E-state index contributed by atoms with van der Waals surface area (Å²) in [5.74, 6) is 0.838. The Morgan fingerprint density at radius 2 is 1.87 bits per heavy atom. The van der Waals surface area contributed by atoms with Crippen LogP contribution in [0.25, 0.3) is 0 Å². The Bertz CT molecular complexity index is 165. The summed E-state index contributed by atoms with van der Waals surface area (Å²) in [5, 5.41) is 3.65. The molecule has 0 amide bonds. The maximum Gasteiger partial charge on any atom is 0.0828 e. The predicted molar refractivity (Wildman–Crippen MR) is 65.1 cm³/mol. The van der Waals surface area contributed by atoms with E-state index in [1.807, 2.05) is 7.11 Å². The number of rotatable bonds is 7. The van der Waals surface area contributed by atoms with Crippen LogP contribution in [0.3, 0.4) is 0 Å². The van der Waals surface area contributed by atoms with E-state index in [0.717, 1.165) is 25.3 Å². The van der Waals surface area contributed by atoms with Crippen molar-refractivity contribution in [2.45, 2.75) is 64.5 Å². The van der Waals surface area contributed by atoms with Crippen LogP contribution in [0.1, 0.15) is 52.9 Å². The largest absolute Gasteiger partial charge is 0.377 e. The average molecular weight is 213 g/mol. The second-order valence-corrected chi connectivity index (χ2v) is 4.70. The van der Waals surface area contributed by atoms with Gasteiger partial charge in [0, 0.05) is 13.2 Å². The molecule has 1 saturated carbocycles. The summed E-state index contributed by atoms with van der Waals surface area (Å²) in [4.78, 5) is 0. The first-order chi connectivity index (χ1) is 7.24. The van der Waals surface area contributed by atoms with Gasteiger partial charge in [-0.3, -0.25) is 0 Å². The maximum absolute atomic E-state index is 5.85. The highest BCUT2D eigenvalue weighted by molar-refractivity contribution is 4.97. The summed E-state index contributed by atoms with van der Waals surface area (Å²) >= 11 is 0. The molecule has 0 aromatic rings. The molecular formula is C13H27NO. The molecular weight excluding hydrogens is 186 g/mol. The van der Waals surface area contributed by atoms with E-state index in [-0.39, 0.29) is 5.60 Å². The van der Waals surface area contributed by atoms with Gasteiger partial charge in [-0.2, -0.15) is 0 Å². The Labute approximate surface area is 94.8 Å². The molecule has 0 aromatic heterocycles. The van der Waals surface area contributed by atoms with Gasteiger partial charge in [-0.1, -0.05) is 27.2 Å². The fourth-order valence-corrected chi connectivity index (χ4v) is 2.88. The molecule has 2 heteroatoms. The third-order valence-corrected chi connectivity index (χ3v) is 4.22. The zero-order valence-corrected chi connectivity index (χ0v) is 10.8. The van der Waals surface area contributed by atoms with Gasteiger partial charge in [0.25, 0.3) is 0 Å². The topological polar surface area (TPSA) is 21.3 Å². The first-order valence-corrected chi connectivity index (χ1v) is 6.52. The SMILES string of the molecule is CCNC(C1CCC1)C(CC)(CC)OC. The van der Waals surface area contributed by atoms with E-state index < -0.39 is 0 Å². The summed E-state index contributed by atoms with van der Waals surface area (Å²) < 4.78 is 5.85. The zero-order chi connectivity index (χ0) is 11.3. The molecule has 1 N–H and O–H groups in total. The zero-order valence-electron chi connectivity index (χ0n) is 10.8. The molecule has 0 radical (unpaired) electrons. The Balaban J connectivity index is 2.72. The molecule has 90 valence electrons. The number of ether oxygens (including phenoxy) is 1. The van der Waals surface area contributed by atoms with Crippen LogP contribution in [0.15, 0.2) is 0 Å². The summed E-state index contributed by atoms with van der Waals surface area (Å²) in [6.45, 7) is 7.73. The van der Waals surface area contributed by atoms with Crippen molar-refractivity contribution in [3.8, 4) is 0 Å². The van der Waals surface area contributed by atoms with E-state index in [2.05, 4.69) is 26.1 Å². The van der Waals surface area contributed by atoms with Gasteiger partial charge in [-0.05, 0) is 38.1 Å². The third kappa shape index (κ3) is 2.54. The van der Waals surface area contributed by atoms with Crippen LogP contribution < -0.4 is 5.32 Å². The summed E-state index contributed by atoms with van der Waals surface area (Å²) in [5.41, 5.74) is 0.0566. The first kappa shape index (κ1) is 13.0. The fourth-order valence-electron chi connectivity index (χ4n) is 2.88. The quantitative estimate of drug-likeness (QED) is 0.702. The van der Waals surface area contributed by atoms with Gasteiger partial charge < -0.3 is 10.1 Å². The second kappa shape index (κ2) is 5.86. The molecule has 1 fully saturated rings. The first-order valence-electron chi connectivity index (χ1n) is 6.52. The van der Waals surface area contributed by atoms with E-state index in [1.54, 1.807) is 0 Å². The lowest BCUT2D eigenvalue weighted by Crippen LogP contribution is -2.56. The van der Waals surface area contributed by atoms with Crippen molar-refractivity contribution in [1.29, 1.82) is 0 Å². The van der Waals surface area contributed by atoms with Gasteiger partial charge in [0.05, 0.1) is 5.60 Å². The normalized spacial score (nSPS) is 20.0. The average Bonchev–Trinajstić information content (AvgIpc) is 2.19. The van der Waals surface area contributed by atoms with Crippen LogP contribution in [0, 0.1) is 5.92 Å². The Morgan fingerprint density at radius 1 is 1.27 bits per heavy atom. The smallest absolute Gasteiger partial charge is 0.0828 e. The molecule has 0 bridgehead atoms. The molecule has 0 heterocycles. The van der Waals surface area contributed by atoms with Gasteiger partial charge in [-0.25, -0.2) is 0 Å². The molecule has 1 aliphatic rings. The van der Waals surface area contributed by atoms with Crippen molar-refractivity contribution >= 4 is 0 Å². The van der Waals surface area contributed by atoms with E-state index in [4.69, 9.17) is 4.74 Å². The molecule has 1 atom stereocenters. The fraction of sp³-hybridized carbons (Fsp3) is 1.00. The van der Waals surface area contributed by atoms with Crippen molar-refractivity contribution in [2.24, 2.45) is 5.92 Å². The van der Waals surface area contributed by atoms with Gasteiger partial charge >= 0.3 is 0 Å². The molecule has 1 rings (SSSR count). The van der Waals surface area contributed by atoms with Gasteiger partial charge in [0.15, 0.2) is 0 Å². The van der Waals surface area contributed by atoms with E-state index in [1.165, 1.54) is 19.3 Å². The number of hydrogen-bond donors (Lipinski definition) is 1. The summed E-state index contributed by atoms with van der Waals surface area (Å²) in [6.07, 6.45) is 6.37. The Kier molecular flexibility index (Phi) is 5.07. The summed E-state index contributed by atoms with van der Waals surface area (Å²) in [7, 11) is 1.87.